The minimum absolute atomic E-state index is 0.138. The molecule has 1 amide bonds. The van der Waals surface area contributed by atoms with Gasteiger partial charge in [-0.3, -0.25) is 19.7 Å². The van der Waals surface area contributed by atoms with Crippen LogP contribution in [0, 0.1) is 10.1 Å². The molecule has 9 heteroatoms. The summed E-state index contributed by atoms with van der Waals surface area (Å²) in [6, 6.07) is 12.5. The number of halogens is 1. The third-order valence-electron chi connectivity index (χ3n) is 4.00. The highest BCUT2D eigenvalue weighted by atomic mass is 35.5. The van der Waals surface area contributed by atoms with Crippen molar-refractivity contribution < 1.29 is 19.2 Å². The second kappa shape index (κ2) is 11.6. The maximum atomic E-state index is 12.5. The minimum Gasteiger partial charge on any atom is -0.463 e. The summed E-state index contributed by atoms with van der Waals surface area (Å²) in [5, 5.41) is 14.8. The molecule has 0 aromatic heterocycles. The SMILES string of the molecule is CC(C)OC(=O)CC(NC(=O)CSCc1ccc(Cl)cc1)c1ccccc1[N+](=O)[O-]. The van der Waals surface area contributed by atoms with Gasteiger partial charge < -0.3 is 10.1 Å². The molecular formula is C21H23ClN2O5S. The first-order valence-electron chi connectivity index (χ1n) is 9.30. The molecule has 7 nitrogen and oxygen atoms in total. The molecule has 0 bridgehead atoms. The van der Waals surface area contributed by atoms with Crippen LogP contribution in [-0.2, 0) is 20.1 Å². The van der Waals surface area contributed by atoms with Crippen LogP contribution in [0.2, 0.25) is 5.02 Å². The van der Waals surface area contributed by atoms with Gasteiger partial charge in [0.1, 0.15) is 0 Å². The molecule has 0 fully saturated rings. The molecule has 2 aromatic carbocycles. The Balaban J connectivity index is 2.06. The van der Waals surface area contributed by atoms with Gasteiger partial charge in [0, 0.05) is 16.8 Å². The van der Waals surface area contributed by atoms with Gasteiger partial charge in [-0.25, -0.2) is 0 Å². The number of carbonyl (C=O) groups excluding carboxylic acids is 2. The van der Waals surface area contributed by atoms with Crippen molar-refractivity contribution in [3.8, 4) is 0 Å². The Kier molecular flexibility index (Phi) is 9.14. The van der Waals surface area contributed by atoms with Crippen molar-refractivity contribution in [3.63, 3.8) is 0 Å². The number of nitro groups is 1. The zero-order valence-electron chi connectivity index (χ0n) is 16.7. The Bertz CT molecular complexity index is 889. The average molecular weight is 451 g/mol. The molecule has 1 atom stereocenters. The van der Waals surface area contributed by atoms with Crippen molar-refractivity contribution in [3.05, 3.63) is 74.8 Å². The van der Waals surface area contributed by atoms with Crippen molar-refractivity contribution >= 4 is 40.9 Å². The zero-order valence-corrected chi connectivity index (χ0v) is 18.2. The van der Waals surface area contributed by atoms with Gasteiger partial charge >= 0.3 is 5.97 Å². The van der Waals surface area contributed by atoms with Crippen LogP contribution in [0.3, 0.4) is 0 Å². The van der Waals surface area contributed by atoms with Crippen LogP contribution in [0.4, 0.5) is 5.69 Å². The van der Waals surface area contributed by atoms with E-state index in [0.717, 1.165) is 5.56 Å². The monoisotopic (exact) mass is 450 g/mol. The number of hydrogen-bond acceptors (Lipinski definition) is 6. The van der Waals surface area contributed by atoms with Crippen molar-refractivity contribution in [2.45, 2.75) is 38.2 Å². The number of nitro benzene ring substituents is 1. The Hall–Kier alpha value is -2.58. The van der Waals surface area contributed by atoms with E-state index in [0.29, 0.717) is 10.8 Å². The van der Waals surface area contributed by atoms with E-state index in [1.807, 2.05) is 12.1 Å². The van der Waals surface area contributed by atoms with E-state index in [-0.39, 0.29) is 35.4 Å². The number of esters is 1. The molecule has 0 aliphatic heterocycles. The molecule has 0 aliphatic rings. The van der Waals surface area contributed by atoms with Crippen LogP contribution in [0.25, 0.3) is 0 Å². The third-order valence-corrected chi connectivity index (χ3v) is 5.25. The largest absolute Gasteiger partial charge is 0.463 e. The number of nitrogens with one attached hydrogen (secondary N) is 1. The number of rotatable bonds is 10. The molecule has 160 valence electrons. The molecule has 2 rings (SSSR count). The molecule has 1 N–H and O–H groups in total. The van der Waals surface area contributed by atoms with Gasteiger partial charge in [0.25, 0.3) is 5.69 Å². The molecule has 0 radical (unpaired) electrons. The third kappa shape index (κ3) is 7.68. The van der Waals surface area contributed by atoms with Crippen LogP contribution in [-0.4, -0.2) is 28.7 Å². The van der Waals surface area contributed by atoms with Gasteiger partial charge in [-0.1, -0.05) is 41.9 Å². The fraction of sp³-hybridized carbons (Fsp3) is 0.333. The van der Waals surface area contributed by atoms with Gasteiger partial charge in [0.05, 0.1) is 34.8 Å². The number of ether oxygens (including phenoxy) is 1. The first-order chi connectivity index (χ1) is 14.3. The van der Waals surface area contributed by atoms with Crippen LogP contribution in [0.15, 0.2) is 48.5 Å². The van der Waals surface area contributed by atoms with Gasteiger partial charge in [-0.2, -0.15) is 0 Å². The molecule has 0 saturated carbocycles. The summed E-state index contributed by atoms with van der Waals surface area (Å²) in [5.74, 6) is -0.119. The van der Waals surface area contributed by atoms with Gasteiger partial charge in [0.15, 0.2) is 0 Å². The molecule has 1 unspecified atom stereocenters. The molecule has 2 aromatic rings. The normalized spacial score (nSPS) is 11.7. The summed E-state index contributed by atoms with van der Waals surface area (Å²) in [7, 11) is 0. The summed E-state index contributed by atoms with van der Waals surface area (Å²) in [5.41, 5.74) is 1.13. The van der Waals surface area contributed by atoms with E-state index in [1.165, 1.54) is 30.0 Å². The summed E-state index contributed by atoms with van der Waals surface area (Å²) in [6.45, 7) is 3.42. The van der Waals surface area contributed by atoms with Crippen LogP contribution in [0.5, 0.6) is 0 Å². The van der Waals surface area contributed by atoms with Crippen LogP contribution < -0.4 is 5.32 Å². The van der Waals surface area contributed by atoms with Gasteiger partial charge in [0.2, 0.25) is 5.91 Å². The van der Waals surface area contributed by atoms with E-state index < -0.39 is 16.9 Å². The Morgan fingerprint density at radius 1 is 1.17 bits per heavy atom. The number of thioether (sulfide) groups is 1. The topological polar surface area (TPSA) is 98.5 Å². The Labute approximate surface area is 184 Å². The molecule has 0 aliphatic carbocycles. The number of para-hydroxylation sites is 1. The lowest BCUT2D eigenvalue weighted by Gasteiger charge is -2.19. The fourth-order valence-corrected chi connectivity index (χ4v) is 3.67. The first-order valence-corrected chi connectivity index (χ1v) is 10.8. The van der Waals surface area contributed by atoms with E-state index in [2.05, 4.69) is 5.32 Å². The number of nitrogens with zero attached hydrogens (tertiary/aromatic N) is 1. The lowest BCUT2D eigenvalue weighted by Crippen LogP contribution is -2.32. The highest BCUT2D eigenvalue weighted by Gasteiger charge is 2.26. The first kappa shape index (κ1) is 23.7. The number of carbonyl (C=O) groups is 2. The molecule has 0 saturated heterocycles. The molecule has 0 heterocycles. The standard InChI is InChI=1S/C21H23ClN2O5S/c1-14(2)29-21(26)11-18(17-5-3-4-6-19(17)24(27)28)23-20(25)13-30-12-15-7-9-16(22)10-8-15/h3-10,14,18H,11-13H2,1-2H3,(H,23,25). The highest BCUT2D eigenvalue weighted by Crippen LogP contribution is 2.28. The number of benzene rings is 2. The summed E-state index contributed by atoms with van der Waals surface area (Å²) >= 11 is 7.26. The molecular weight excluding hydrogens is 428 g/mol. The summed E-state index contributed by atoms with van der Waals surface area (Å²) in [4.78, 5) is 35.5. The molecule has 0 spiro atoms. The quantitative estimate of drug-likeness (QED) is 0.320. The van der Waals surface area contributed by atoms with E-state index in [9.17, 15) is 19.7 Å². The van der Waals surface area contributed by atoms with Gasteiger partial charge in [-0.15, -0.1) is 11.8 Å². The van der Waals surface area contributed by atoms with E-state index in [4.69, 9.17) is 16.3 Å². The summed E-state index contributed by atoms with van der Waals surface area (Å²) < 4.78 is 5.16. The second-order valence-electron chi connectivity index (χ2n) is 6.80. The lowest BCUT2D eigenvalue weighted by molar-refractivity contribution is -0.385. The zero-order chi connectivity index (χ0) is 22.1. The van der Waals surface area contributed by atoms with Gasteiger partial charge in [-0.05, 0) is 31.5 Å². The Morgan fingerprint density at radius 3 is 2.47 bits per heavy atom. The Morgan fingerprint density at radius 2 is 1.83 bits per heavy atom. The summed E-state index contributed by atoms with van der Waals surface area (Å²) in [6.07, 6.45) is -0.522. The maximum Gasteiger partial charge on any atom is 0.308 e. The van der Waals surface area contributed by atoms with Crippen LogP contribution >= 0.6 is 23.4 Å². The minimum atomic E-state index is -0.860. The highest BCUT2D eigenvalue weighted by molar-refractivity contribution is 7.99. The van der Waals surface area contributed by atoms with Crippen molar-refractivity contribution in [2.24, 2.45) is 0 Å². The number of hydrogen-bond donors (Lipinski definition) is 1. The predicted octanol–water partition coefficient (Wildman–Crippen LogP) is 4.68. The van der Waals surface area contributed by atoms with Crippen LogP contribution in [0.1, 0.15) is 37.4 Å². The fourth-order valence-electron chi connectivity index (χ4n) is 2.74. The second-order valence-corrected chi connectivity index (χ2v) is 8.22. The van der Waals surface area contributed by atoms with Crippen molar-refractivity contribution in [2.75, 3.05) is 5.75 Å². The number of amides is 1. The molecule has 30 heavy (non-hydrogen) atoms. The smallest absolute Gasteiger partial charge is 0.308 e. The van der Waals surface area contributed by atoms with Crippen molar-refractivity contribution in [1.82, 2.24) is 5.32 Å². The van der Waals surface area contributed by atoms with E-state index >= 15 is 0 Å². The average Bonchev–Trinajstić information content (AvgIpc) is 2.68. The van der Waals surface area contributed by atoms with E-state index in [1.54, 1.807) is 32.0 Å². The van der Waals surface area contributed by atoms with Crippen molar-refractivity contribution in [1.29, 1.82) is 0 Å². The predicted molar refractivity (Wildman–Crippen MR) is 117 cm³/mol. The maximum absolute atomic E-state index is 12.5. The lowest BCUT2D eigenvalue weighted by atomic mass is 10.0.